The number of hydrogen-bond donors (Lipinski definition) is 3. The van der Waals surface area contributed by atoms with Crippen LogP contribution >= 0.6 is 34.5 Å². The maximum Gasteiger partial charge on any atom is 0.330 e. The zero-order valence-corrected chi connectivity index (χ0v) is 28.1. The summed E-state index contributed by atoms with van der Waals surface area (Å²) >= 11 is 14.0. The highest BCUT2D eigenvalue weighted by Crippen LogP contribution is 2.37. The second-order valence-electron chi connectivity index (χ2n) is 11.2. The highest BCUT2D eigenvalue weighted by molar-refractivity contribution is 7.12. The Bertz CT molecular complexity index is 1470. The molecule has 43 heavy (non-hydrogen) atoms. The molecule has 1 heterocycles. The molecule has 9 nitrogen and oxygen atoms in total. The van der Waals surface area contributed by atoms with Gasteiger partial charge in [0.05, 0.1) is 27.6 Å². The first-order valence-corrected chi connectivity index (χ1v) is 17.9. The Labute approximate surface area is 266 Å². The van der Waals surface area contributed by atoms with E-state index in [9.17, 15) is 19.2 Å². The largest absolute Gasteiger partial charge is 0.543 e. The van der Waals surface area contributed by atoms with Gasteiger partial charge in [0.1, 0.15) is 11.8 Å². The van der Waals surface area contributed by atoms with Gasteiger partial charge in [-0.1, -0.05) is 62.2 Å². The lowest BCUT2D eigenvalue weighted by molar-refractivity contribution is -0.142. The van der Waals surface area contributed by atoms with Gasteiger partial charge in [0, 0.05) is 18.7 Å². The Morgan fingerprint density at radius 1 is 0.930 bits per heavy atom. The third-order valence-corrected chi connectivity index (χ3v) is 12.9. The smallest absolute Gasteiger partial charge is 0.330 e. The van der Waals surface area contributed by atoms with Crippen LogP contribution in [0, 0.1) is 0 Å². The molecule has 3 amide bonds. The maximum atomic E-state index is 13.1. The van der Waals surface area contributed by atoms with Crippen molar-refractivity contribution in [2.45, 2.75) is 51.5 Å². The summed E-state index contributed by atoms with van der Waals surface area (Å²) in [5.74, 6) is -1.66. The number of amides is 3. The van der Waals surface area contributed by atoms with Crippen molar-refractivity contribution in [1.29, 1.82) is 0 Å². The first-order valence-electron chi connectivity index (χ1n) is 13.4. The van der Waals surface area contributed by atoms with Crippen molar-refractivity contribution in [3.05, 3.63) is 85.5 Å². The van der Waals surface area contributed by atoms with Gasteiger partial charge in [0.2, 0.25) is 8.32 Å². The van der Waals surface area contributed by atoms with Gasteiger partial charge in [-0.25, -0.2) is 4.79 Å². The molecule has 3 rings (SSSR count). The number of hydrogen-bond acceptors (Lipinski definition) is 7. The first-order chi connectivity index (χ1) is 20.1. The minimum atomic E-state index is -2.03. The Balaban J connectivity index is 1.67. The van der Waals surface area contributed by atoms with Crippen LogP contribution in [0.5, 0.6) is 5.75 Å². The molecule has 0 saturated carbocycles. The van der Waals surface area contributed by atoms with Gasteiger partial charge < -0.3 is 25.1 Å². The van der Waals surface area contributed by atoms with E-state index >= 15 is 0 Å². The van der Waals surface area contributed by atoms with Crippen LogP contribution in [-0.2, 0) is 16.1 Å². The van der Waals surface area contributed by atoms with Crippen molar-refractivity contribution < 1.29 is 28.3 Å². The standard InChI is InChI=1S/C30H35Cl2N3O6SSi/c1-30(2,3)43(5,6)41-20-10-7-9-18(13-20)16-33-26(36)19-14-21(31)25(22(32)15-19)28(38)35-23(29(39)40-4)17-34-27(37)24-11-8-12-42-24/h7-15,23H,16-17H2,1-6H3,(H,33,36)(H,34,37)(H,35,38)/t23-/m0/s1. The van der Waals surface area contributed by atoms with Crippen molar-refractivity contribution in [3.8, 4) is 5.75 Å². The van der Waals surface area contributed by atoms with Crippen LogP contribution in [0.4, 0.5) is 0 Å². The molecule has 3 N–H and O–H groups in total. The number of esters is 1. The van der Waals surface area contributed by atoms with Gasteiger partial charge in [-0.05, 0) is 59.4 Å². The summed E-state index contributed by atoms with van der Waals surface area (Å²) < 4.78 is 11.1. The van der Waals surface area contributed by atoms with Gasteiger partial charge >= 0.3 is 5.97 Å². The zero-order chi connectivity index (χ0) is 31.9. The summed E-state index contributed by atoms with van der Waals surface area (Å²) in [5.41, 5.74) is 0.861. The van der Waals surface area contributed by atoms with E-state index in [4.69, 9.17) is 32.4 Å². The van der Waals surface area contributed by atoms with E-state index in [1.165, 1.54) is 23.5 Å². The fourth-order valence-corrected chi connectivity index (χ4v) is 5.95. The van der Waals surface area contributed by atoms with Gasteiger partial charge in [0.15, 0.2) is 0 Å². The molecule has 13 heteroatoms. The summed E-state index contributed by atoms with van der Waals surface area (Å²) in [5, 5.41) is 9.51. The third kappa shape index (κ3) is 9.06. The van der Waals surface area contributed by atoms with E-state index in [-0.39, 0.29) is 39.3 Å². The summed E-state index contributed by atoms with van der Waals surface area (Å²) in [7, 11) is -0.867. The third-order valence-electron chi connectivity index (χ3n) is 7.06. The summed E-state index contributed by atoms with van der Waals surface area (Å²) in [6, 6.07) is 12.3. The molecule has 1 atom stereocenters. The molecule has 230 valence electrons. The lowest BCUT2D eigenvalue weighted by Crippen LogP contribution is -2.49. The molecular formula is C30H35Cl2N3O6SSi. The predicted octanol–water partition coefficient (Wildman–Crippen LogP) is 6.07. The molecular weight excluding hydrogens is 629 g/mol. The Kier molecular flexibility index (Phi) is 11.4. The minimum absolute atomic E-state index is 0.0408. The van der Waals surface area contributed by atoms with Gasteiger partial charge in [-0.2, -0.15) is 0 Å². The molecule has 1 aromatic heterocycles. The fraction of sp³-hybridized carbons (Fsp3) is 0.333. The summed E-state index contributed by atoms with van der Waals surface area (Å²) in [6.45, 7) is 10.8. The highest BCUT2D eigenvalue weighted by Gasteiger charge is 2.39. The number of benzene rings is 2. The second-order valence-corrected chi connectivity index (χ2v) is 17.7. The van der Waals surface area contributed by atoms with Gasteiger partial charge in [-0.15, -0.1) is 11.3 Å². The normalized spacial score (nSPS) is 12.2. The summed E-state index contributed by atoms with van der Waals surface area (Å²) in [6.07, 6.45) is 0. The van der Waals surface area contributed by atoms with Crippen LogP contribution in [0.15, 0.2) is 53.9 Å². The van der Waals surface area contributed by atoms with E-state index in [0.29, 0.717) is 4.88 Å². The van der Waals surface area contributed by atoms with Crippen LogP contribution < -0.4 is 20.4 Å². The average molecular weight is 665 g/mol. The summed E-state index contributed by atoms with van der Waals surface area (Å²) in [4.78, 5) is 51.1. The molecule has 0 aliphatic heterocycles. The Hall–Kier alpha value is -3.38. The van der Waals surface area contributed by atoms with Crippen molar-refractivity contribution in [2.75, 3.05) is 13.7 Å². The number of rotatable bonds is 11. The molecule has 0 fully saturated rings. The molecule has 0 aliphatic rings. The van der Waals surface area contributed by atoms with Crippen molar-refractivity contribution >= 4 is 66.5 Å². The topological polar surface area (TPSA) is 123 Å². The zero-order valence-electron chi connectivity index (χ0n) is 24.8. The van der Waals surface area contributed by atoms with Gasteiger partial charge in [-0.3, -0.25) is 14.4 Å². The lowest BCUT2D eigenvalue weighted by atomic mass is 10.1. The first kappa shape index (κ1) is 34.1. The number of nitrogens with one attached hydrogen (secondary N) is 3. The molecule has 3 aromatic rings. The van der Waals surface area contributed by atoms with Crippen LogP contribution in [0.25, 0.3) is 0 Å². The van der Waals surface area contributed by atoms with Crippen molar-refractivity contribution in [3.63, 3.8) is 0 Å². The number of halogens is 2. The fourth-order valence-electron chi connectivity index (χ4n) is 3.63. The number of thiophene rings is 1. The molecule has 0 aliphatic carbocycles. The van der Waals surface area contributed by atoms with E-state index in [0.717, 1.165) is 18.4 Å². The Morgan fingerprint density at radius 2 is 1.60 bits per heavy atom. The van der Waals surface area contributed by atoms with E-state index in [1.54, 1.807) is 17.5 Å². The monoisotopic (exact) mass is 663 g/mol. The van der Waals surface area contributed by atoms with Crippen LogP contribution in [-0.4, -0.2) is 51.7 Å². The van der Waals surface area contributed by atoms with Crippen LogP contribution in [0.3, 0.4) is 0 Å². The molecule has 0 spiro atoms. The number of carbonyl (C=O) groups excluding carboxylic acids is 4. The van der Waals surface area contributed by atoms with Crippen LogP contribution in [0.1, 0.15) is 56.7 Å². The molecule has 0 unspecified atom stereocenters. The van der Waals surface area contributed by atoms with Crippen molar-refractivity contribution in [2.24, 2.45) is 0 Å². The maximum absolute atomic E-state index is 13.1. The number of carbonyl (C=O) groups is 4. The van der Waals surface area contributed by atoms with Crippen LogP contribution in [0.2, 0.25) is 28.2 Å². The molecule has 0 radical (unpaired) electrons. The van der Waals surface area contributed by atoms with E-state index < -0.39 is 38.1 Å². The van der Waals surface area contributed by atoms with E-state index in [2.05, 4.69) is 49.8 Å². The Morgan fingerprint density at radius 3 is 2.19 bits per heavy atom. The SMILES string of the molecule is COC(=O)[C@H](CNC(=O)c1cccs1)NC(=O)c1c(Cl)cc(C(=O)NCc2cccc(O[Si](C)(C)C(C)(C)C)c2)cc1Cl. The second kappa shape index (κ2) is 14.4. The molecule has 0 bridgehead atoms. The molecule has 0 saturated heterocycles. The predicted molar refractivity (Wildman–Crippen MR) is 172 cm³/mol. The van der Waals surface area contributed by atoms with Crippen molar-refractivity contribution in [1.82, 2.24) is 16.0 Å². The average Bonchev–Trinajstić information content (AvgIpc) is 3.47. The van der Waals surface area contributed by atoms with E-state index in [1.807, 2.05) is 24.3 Å². The number of ether oxygens (including phenoxy) is 1. The molecule has 2 aromatic carbocycles. The highest BCUT2D eigenvalue weighted by atomic mass is 35.5. The lowest BCUT2D eigenvalue weighted by Gasteiger charge is -2.36. The quantitative estimate of drug-likeness (QED) is 0.169. The van der Waals surface area contributed by atoms with Gasteiger partial charge in [0.25, 0.3) is 17.7 Å². The minimum Gasteiger partial charge on any atom is -0.543 e. The number of methoxy groups -OCH3 is 1.